The van der Waals surface area contributed by atoms with Crippen LogP contribution >= 0.6 is 11.3 Å². The molecule has 0 aliphatic carbocycles. The number of sulfonamides is 1. The summed E-state index contributed by atoms with van der Waals surface area (Å²) < 4.78 is 33.5. The average Bonchev–Trinajstić information content (AvgIpc) is 3.41. The molecular weight excluding hydrogens is 412 g/mol. The van der Waals surface area contributed by atoms with E-state index in [9.17, 15) is 13.2 Å². The number of carbonyl (C=O) groups is 1. The van der Waals surface area contributed by atoms with Crippen LogP contribution in [-0.4, -0.2) is 54.7 Å². The molecule has 8 nitrogen and oxygen atoms in total. The number of thiophene rings is 1. The minimum atomic E-state index is -3.55. The number of aromatic nitrogens is 2. The summed E-state index contributed by atoms with van der Waals surface area (Å²) in [6, 6.07) is 10.0. The molecule has 1 aromatic carbocycles. The Kier molecular flexibility index (Phi) is 5.76. The fourth-order valence-electron chi connectivity index (χ4n) is 3.01. The predicted molar refractivity (Wildman–Crippen MR) is 110 cm³/mol. The Bertz CT molecular complexity index is 1070. The van der Waals surface area contributed by atoms with Crippen LogP contribution < -0.4 is 5.32 Å². The smallest absolute Gasteiger partial charge is 0.246 e. The van der Waals surface area contributed by atoms with Crippen LogP contribution in [0, 0.1) is 0 Å². The monoisotopic (exact) mass is 432 g/mol. The first-order valence-electron chi connectivity index (χ1n) is 9.06. The third-order valence-electron chi connectivity index (χ3n) is 4.51. The van der Waals surface area contributed by atoms with Crippen LogP contribution in [0.2, 0.25) is 0 Å². The molecule has 2 aromatic heterocycles. The van der Waals surface area contributed by atoms with Gasteiger partial charge >= 0.3 is 0 Å². The topological polar surface area (TPSA) is 93.5 Å². The van der Waals surface area contributed by atoms with Crippen molar-refractivity contribution in [3.63, 3.8) is 0 Å². The van der Waals surface area contributed by atoms with Gasteiger partial charge in [-0.05, 0) is 41.8 Å². The summed E-state index contributed by atoms with van der Waals surface area (Å²) in [5.41, 5.74) is 2.36. The molecule has 1 aliphatic rings. The number of anilines is 1. The second-order valence-corrected chi connectivity index (χ2v) is 9.22. The molecule has 0 atom stereocenters. The number of nitrogens with one attached hydrogen (secondary N) is 1. The van der Waals surface area contributed by atoms with Crippen LogP contribution in [0.15, 0.2) is 58.3 Å². The van der Waals surface area contributed by atoms with Crippen molar-refractivity contribution in [1.29, 1.82) is 0 Å². The summed E-state index contributed by atoms with van der Waals surface area (Å²) in [6.45, 7) is 1.55. The Labute approximate surface area is 172 Å². The molecule has 1 N–H and O–H groups in total. The van der Waals surface area contributed by atoms with Gasteiger partial charge in [0, 0.05) is 35.9 Å². The van der Waals surface area contributed by atoms with Gasteiger partial charge in [0.25, 0.3) is 0 Å². The van der Waals surface area contributed by atoms with E-state index < -0.39 is 10.0 Å². The molecule has 4 rings (SSSR count). The standard InChI is InChI=1S/C19H20N4O4S2/c24-19(13-22-7-5-18(21-22)15-6-12-28-14-15)20-16-1-3-17(4-2-16)29(25,26)23-8-10-27-11-9-23/h1-7,12,14H,8-11,13H2,(H,20,24). The summed E-state index contributed by atoms with van der Waals surface area (Å²) in [4.78, 5) is 12.5. The number of hydrogen-bond donors (Lipinski definition) is 1. The number of benzene rings is 1. The molecule has 10 heteroatoms. The van der Waals surface area contributed by atoms with E-state index in [4.69, 9.17) is 4.74 Å². The normalized spacial score (nSPS) is 15.3. The van der Waals surface area contributed by atoms with Crippen LogP contribution in [0.25, 0.3) is 11.3 Å². The zero-order valence-corrected chi connectivity index (χ0v) is 17.2. The summed E-state index contributed by atoms with van der Waals surface area (Å²) in [5, 5.41) is 11.1. The molecule has 152 valence electrons. The van der Waals surface area contributed by atoms with Crippen molar-refractivity contribution in [3.8, 4) is 11.3 Å². The number of amides is 1. The van der Waals surface area contributed by atoms with E-state index in [1.807, 2.05) is 22.9 Å². The Balaban J connectivity index is 1.38. The molecule has 0 radical (unpaired) electrons. The highest BCUT2D eigenvalue weighted by Gasteiger charge is 2.26. The Morgan fingerprint density at radius 3 is 2.59 bits per heavy atom. The summed E-state index contributed by atoms with van der Waals surface area (Å²) in [7, 11) is -3.55. The van der Waals surface area contributed by atoms with E-state index in [2.05, 4.69) is 10.4 Å². The highest BCUT2D eigenvalue weighted by molar-refractivity contribution is 7.89. The van der Waals surface area contributed by atoms with E-state index in [0.29, 0.717) is 32.0 Å². The third-order valence-corrected chi connectivity index (χ3v) is 7.11. The van der Waals surface area contributed by atoms with E-state index in [1.165, 1.54) is 16.4 Å². The molecule has 0 saturated carbocycles. The van der Waals surface area contributed by atoms with Crippen LogP contribution in [0.1, 0.15) is 0 Å². The van der Waals surface area contributed by atoms with Gasteiger partial charge in [-0.15, -0.1) is 0 Å². The summed E-state index contributed by atoms with van der Waals surface area (Å²) in [6.07, 6.45) is 1.75. The Morgan fingerprint density at radius 2 is 1.90 bits per heavy atom. The van der Waals surface area contributed by atoms with Crippen molar-refractivity contribution in [2.24, 2.45) is 0 Å². The van der Waals surface area contributed by atoms with Crippen molar-refractivity contribution in [2.45, 2.75) is 11.4 Å². The highest BCUT2D eigenvalue weighted by Crippen LogP contribution is 2.21. The fraction of sp³-hybridized carbons (Fsp3) is 0.263. The first-order chi connectivity index (χ1) is 14.0. The van der Waals surface area contributed by atoms with Crippen molar-refractivity contribution >= 4 is 33.0 Å². The maximum atomic E-state index is 12.6. The molecule has 1 aliphatic heterocycles. The van der Waals surface area contributed by atoms with Crippen LogP contribution in [-0.2, 0) is 26.1 Å². The number of nitrogens with zero attached hydrogens (tertiary/aromatic N) is 3. The van der Waals surface area contributed by atoms with Gasteiger partial charge in [0.1, 0.15) is 6.54 Å². The minimum Gasteiger partial charge on any atom is -0.379 e. The molecule has 29 heavy (non-hydrogen) atoms. The van der Waals surface area contributed by atoms with Crippen molar-refractivity contribution in [2.75, 3.05) is 31.6 Å². The van der Waals surface area contributed by atoms with Gasteiger partial charge < -0.3 is 10.1 Å². The molecule has 3 aromatic rings. The SMILES string of the molecule is O=C(Cn1ccc(-c2ccsc2)n1)Nc1ccc(S(=O)(=O)N2CCOCC2)cc1. The Hall–Kier alpha value is -2.53. The number of rotatable bonds is 6. The molecular formula is C19H20N4O4S2. The van der Waals surface area contributed by atoms with Gasteiger partial charge in [-0.1, -0.05) is 0 Å². The number of hydrogen-bond acceptors (Lipinski definition) is 6. The average molecular weight is 433 g/mol. The lowest BCUT2D eigenvalue weighted by Gasteiger charge is -2.26. The lowest BCUT2D eigenvalue weighted by atomic mass is 10.2. The van der Waals surface area contributed by atoms with Gasteiger partial charge in [0.2, 0.25) is 15.9 Å². The van der Waals surface area contributed by atoms with Gasteiger partial charge in [-0.3, -0.25) is 9.48 Å². The van der Waals surface area contributed by atoms with E-state index >= 15 is 0 Å². The lowest BCUT2D eigenvalue weighted by molar-refractivity contribution is -0.116. The van der Waals surface area contributed by atoms with Crippen LogP contribution in [0.3, 0.4) is 0 Å². The molecule has 1 saturated heterocycles. The zero-order valence-electron chi connectivity index (χ0n) is 15.5. The minimum absolute atomic E-state index is 0.0674. The van der Waals surface area contributed by atoms with Crippen molar-refractivity contribution < 1.29 is 17.9 Å². The molecule has 0 unspecified atom stereocenters. The first kappa shape index (κ1) is 19.8. The van der Waals surface area contributed by atoms with Gasteiger partial charge in [0.05, 0.1) is 23.8 Å². The zero-order chi connectivity index (χ0) is 20.3. The third kappa shape index (κ3) is 4.56. The van der Waals surface area contributed by atoms with Gasteiger partial charge in [-0.25, -0.2) is 8.42 Å². The maximum absolute atomic E-state index is 12.6. The van der Waals surface area contributed by atoms with Crippen LogP contribution in [0.5, 0.6) is 0 Å². The number of morpholine rings is 1. The van der Waals surface area contributed by atoms with E-state index in [-0.39, 0.29) is 17.3 Å². The fourth-order valence-corrected chi connectivity index (χ4v) is 5.07. The van der Waals surface area contributed by atoms with Crippen molar-refractivity contribution in [3.05, 3.63) is 53.4 Å². The summed E-state index contributed by atoms with van der Waals surface area (Å²) in [5.74, 6) is -0.242. The predicted octanol–water partition coefficient (Wildman–Crippen LogP) is 2.27. The van der Waals surface area contributed by atoms with E-state index in [1.54, 1.807) is 34.3 Å². The maximum Gasteiger partial charge on any atom is 0.246 e. The second-order valence-electron chi connectivity index (χ2n) is 6.50. The molecule has 0 bridgehead atoms. The Morgan fingerprint density at radius 1 is 1.14 bits per heavy atom. The van der Waals surface area contributed by atoms with E-state index in [0.717, 1.165) is 11.3 Å². The lowest BCUT2D eigenvalue weighted by Crippen LogP contribution is -2.40. The molecule has 1 amide bonds. The molecule has 1 fully saturated rings. The molecule has 3 heterocycles. The quantitative estimate of drug-likeness (QED) is 0.645. The first-order valence-corrected chi connectivity index (χ1v) is 11.4. The van der Waals surface area contributed by atoms with Gasteiger partial charge in [-0.2, -0.15) is 20.7 Å². The second kappa shape index (κ2) is 8.46. The largest absolute Gasteiger partial charge is 0.379 e. The number of carbonyl (C=O) groups excluding carboxylic acids is 1. The van der Waals surface area contributed by atoms with Gasteiger partial charge in [0.15, 0.2) is 0 Å². The molecule has 0 spiro atoms. The summed E-state index contributed by atoms with van der Waals surface area (Å²) >= 11 is 1.59. The number of ether oxygens (including phenoxy) is 1. The van der Waals surface area contributed by atoms with Crippen LogP contribution in [0.4, 0.5) is 5.69 Å². The highest BCUT2D eigenvalue weighted by atomic mass is 32.2. The van der Waals surface area contributed by atoms with Crippen molar-refractivity contribution in [1.82, 2.24) is 14.1 Å².